The maximum absolute atomic E-state index is 8.72. The quantitative estimate of drug-likeness (QED) is 0.640. The first-order valence-corrected chi connectivity index (χ1v) is 7.48. The summed E-state index contributed by atoms with van der Waals surface area (Å²) in [6.45, 7) is 0.381. The monoisotopic (exact) mass is 224 g/mol. The molecular weight excluding hydrogens is 196 g/mol. The Balaban J connectivity index is 1.61. The number of unbranched alkanes of at least 4 members (excludes halogenated alkanes) is 4. The fraction of sp³-hybridized carbons (Fsp3) is 1.00. The predicted molar refractivity (Wildman–Crippen MR) is 68.4 cm³/mol. The fourth-order valence-electron chi connectivity index (χ4n) is 4.26. The van der Waals surface area contributed by atoms with Crippen LogP contribution in [0.15, 0.2) is 0 Å². The number of hydrogen-bond donors (Lipinski definition) is 1. The van der Waals surface area contributed by atoms with Crippen molar-refractivity contribution < 1.29 is 5.11 Å². The summed E-state index contributed by atoms with van der Waals surface area (Å²) >= 11 is 0. The van der Waals surface area contributed by atoms with Gasteiger partial charge in [-0.25, -0.2) is 0 Å². The Hall–Kier alpha value is -0.0400. The van der Waals surface area contributed by atoms with E-state index < -0.39 is 0 Å². The molecule has 2 aliphatic carbocycles. The molecule has 0 unspecified atom stereocenters. The molecule has 2 saturated carbocycles. The van der Waals surface area contributed by atoms with Gasteiger partial charge in [0.1, 0.15) is 0 Å². The molecule has 0 heterocycles. The molecule has 1 N–H and O–H groups in total. The van der Waals surface area contributed by atoms with Crippen molar-refractivity contribution in [3.63, 3.8) is 0 Å². The van der Waals surface area contributed by atoms with E-state index in [1.807, 2.05) is 0 Å². The minimum atomic E-state index is 0.381. The summed E-state index contributed by atoms with van der Waals surface area (Å²) in [7, 11) is 0. The summed E-state index contributed by atoms with van der Waals surface area (Å²) in [5, 5.41) is 8.72. The van der Waals surface area contributed by atoms with Gasteiger partial charge in [-0.1, -0.05) is 38.5 Å². The lowest BCUT2D eigenvalue weighted by Crippen LogP contribution is -2.19. The molecule has 16 heavy (non-hydrogen) atoms. The summed E-state index contributed by atoms with van der Waals surface area (Å²) in [6, 6.07) is 0. The number of rotatable bonds is 7. The minimum Gasteiger partial charge on any atom is -0.396 e. The smallest absolute Gasteiger partial charge is 0.0431 e. The standard InChI is InChI=1S/C15H28O/c16-13-5-3-1-2-4-10-15-11-6-8-14(15)9-7-12-15/h14,16H,1-13H2. The van der Waals surface area contributed by atoms with Crippen LogP contribution in [0.1, 0.15) is 77.0 Å². The first kappa shape index (κ1) is 12.4. The molecule has 2 aliphatic rings. The van der Waals surface area contributed by atoms with Crippen LogP contribution in [0.4, 0.5) is 0 Å². The van der Waals surface area contributed by atoms with E-state index >= 15 is 0 Å². The minimum absolute atomic E-state index is 0.381. The van der Waals surface area contributed by atoms with Crippen molar-refractivity contribution in [2.45, 2.75) is 77.0 Å². The van der Waals surface area contributed by atoms with Crippen molar-refractivity contribution in [3.05, 3.63) is 0 Å². The lowest BCUT2D eigenvalue weighted by Gasteiger charge is -2.29. The zero-order chi connectivity index (χ0) is 11.3. The summed E-state index contributed by atoms with van der Waals surface area (Å²) < 4.78 is 0. The summed E-state index contributed by atoms with van der Waals surface area (Å²) in [5.74, 6) is 1.10. The van der Waals surface area contributed by atoms with Gasteiger partial charge in [-0.2, -0.15) is 0 Å². The van der Waals surface area contributed by atoms with Crippen LogP contribution in [0.5, 0.6) is 0 Å². The summed E-state index contributed by atoms with van der Waals surface area (Å²) in [4.78, 5) is 0. The van der Waals surface area contributed by atoms with Crippen molar-refractivity contribution in [2.24, 2.45) is 11.3 Å². The fourth-order valence-corrected chi connectivity index (χ4v) is 4.26. The molecular formula is C15H28O. The molecule has 0 radical (unpaired) electrons. The number of aliphatic hydroxyl groups excluding tert-OH is 1. The lowest BCUT2D eigenvalue weighted by molar-refractivity contribution is 0.212. The molecule has 2 rings (SSSR count). The first-order chi connectivity index (χ1) is 7.87. The van der Waals surface area contributed by atoms with E-state index in [2.05, 4.69) is 0 Å². The molecule has 1 heteroatoms. The average molecular weight is 224 g/mol. The number of hydrogen-bond acceptors (Lipinski definition) is 1. The van der Waals surface area contributed by atoms with Gasteiger partial charge in [-0.3, -0.25) is 0 Å². The Morgan fingerprint density at radius 3 is 2.19 bits per heavy atom. The Bertz CT molecular complexity index is 190. The molecule has 1 nitrogen and oxygen atoms in total. The SMILES string of the molecule is OCCCCCCCC12CCCC1CCC2. The van der Waals surface area contributed by atoms with Crippen molar-refractivity contribution in [2.75, 3.05) is 6.61 Å². The second kappa shape index (κ2) is 6.05. The topological polar surface area (TPSA) is 20.2 Å². The average Bonchev–Trinajstić information content (AvgIpc) is 2.82. The van der Waals surface area contributed by atoms with Crippen LogP contribution in [-0.4, -0.2) is 11.7 Å². The molecule has 0 amide bonds. The Kier molecular flexibility index (Phi) is 4.69. The third-order valence-electron chi connectivity index (χ3n) is 5.15. The maximum Gasteiger partial charge on any atom is 0.0431 e. The molecule has 0 atom stereocenters. The molecule has 2 fully saturated rings. The Labute approximate surface area is 101 Å². The van der Waals surface area contributed by atoms with Crippen LogP contribution in [-0.2, 0) is 0 Å². The van der Waals surface area contributed by atoms with Gasteiger partial charge in [0.25, 0.3) is 0 Å². The zero-order valence-corrected chi connectivity index (χ0v) is 10.7. The molecule has 0 bridgehead atoms. The normalized spacial score (nSPS) is 33.2. The van der Waals surface area contributed by atoms with Gasteiger partial charge >= 0.3 is 0 Å². The van der Waals surface area contributed by atoms with Crippen molar-refractivity contribution in [3.8, 4) is 0 Å². The zero-order valence-electron chi connectivity index (χ0n) is 10.7. The van der Waals surface area contributed by atoms with Gasteiger partial charge in [-0.15, -0.1) is 0 Å². The van der Waals surface area contributed by atoms with Gasteiger partial charge in [0, 0.05) is 6.61 Å². The number of aliphatic hydroxyl groups is 1. The van der Waals surface area contributed by atoms with Crippen molar-refractivity contribution in [1.82, 2.24) is 0 Å². The summed E-state index contributed by atoms with van der Waals surface area (Å²) in [6.07, 6.45) is 17.1. The van der Waals surface area contributed by atoms with Crippen molar-refractivity contribution in [1.29, 1.82) is 0 Å². The van der Waals surface area contributed by atoms with Crippen LogP contribution in [0.3, 0.4) is 0 Å². The second-order valence-electron chi connectivity index (χ2n) is 6.09. The van der Waals surface area contributed by atoms with E-state index in [1.54, 1.807) is 0 Å². The second-order valence-corrected chi connectivity index (χ2v) is 6.09. The van der Waals surface area contributed by atoms with E-state index in [9.17, 15) is 0 Å². The molecule has 0 aromatic rings. The van der Waals surface area contributed by atoms with Crippen LogP contribution in [0, 0.1) is 11.3 Å². The molecule has 0 spiro atoms. The highest BCUT2D eigenvalue weighted by Gasteiger charge is 2.44. The number of fused-ring (bicyclic) bond motifs is 1. The molecule has 0 saturated heterocycles. The van der Waals surface area contributed by atoms with Crippen LogP contribution in [0.2, 0.25) is 0 Å². The molecule has 94 valence electrons. The van der Waals surface area contributed by atoms with Crippen LogP contribution in [0.25, 0.3) is 0 Å². The van der Waals surface area contributed by atoms with E-state index in [0.717, 1.165) is 17.8 Å². The van der Waals surface area contributed by atoms with E-state index in [0.29, 0.717) is 6.61 Å². The lowest BCUT2D eigenvalue weighted by atomic mass is 9.76. The predicted octanol–water partition coefficient (Wildman–Crippen LogP) is 4.29. The van der Waals surface area contributed by atoms with E-state index in [4.69, 9.17) is 5.11 Å². The van der Waals surface area contributed by atoms with Gasteiger partial charge in [0.15, 0.2) is 0 Å². The highest BCUT2D eigenvalue weighted by atomic mass is 16.2. The van der Waals surface area contributed by atoms with Gasteiger partial charge in [0.2, 0.25) is 0 Å². The summed E-state index contributed by atoms with van der Waals surface area (Å²) in [5.41, 5.74) is 0.803. The van der Waals surface area contributed by atoms with E-state index in [1.165, 1.54) is 70.6 Å². The third-order valence-corrected chi connectivity index (χ3v) is 5.15. The maximum atomic E-state index is 8.72. The Morgan fingerprint density at radius 1 is 0.875 bits per heavy atom. The molecule has 0 aromatic heterocycles. The van der Waals surface area contributed by atoms with Gasteiger partial charge in [0.05, 0.1) is 0 Å². The highest BCUT2D eigenvalue weighted by molar-refractivity contribution is 4.96. The highest BCUT2D eigenvalue weighted by Crippen LogP contribution is 2.56. The largest absolute Gasteiger partial charge is 0.396 e. The molecule has 0 aliphatic heterocycles. The third kappa shape index (κ3) is 2.80. The Morgan fingerprint density at radius 2 is 1.50 bits per heavy atom. The van der Waals surface area contributed by atoms with E-state index in [-0.39, 0.29) is 0 Å². The van der Waals surface area contributed by atoms with Crippen LogP contribution >= 0.6 is 0 Å². The van der Waals surface area contributed by atoms with Gasteiger partial charge in [-0.05, 0) is 49.9 Å². The van der Waals surface area contributed by atoms with Crippen LogP contribution < -0.4 is 0 Å². The van der Waals surface area contributed by atoms with Crippen molar-refractivity contribution >= 4 is 0 Å². The molecule has 0 aromatic carbocycles. The van der Waals surface area contributed by atoms with Gasteiger partial charge < -0.3 is 5.11 Å². The first-order valence-electron chi connectivity index (χ1n) is 7.48.